The van der Waals surface area contributed by atoms with E-state index >= 15 is 0 Å². The normalized spacial score (nSPS) is 22.4. The van der Waals surface area contributed by atoms with E-state index in [0.717, 1.165) is 25.9 Å². The summed E-state index contributed by atoms with van der Waals surface area (Å²) < 4.78 is 6.55. The average molecular weight is 406 g/mol. The molecule has 0 aromatic carbocycles. The van der Waals surface area contributed by atoms with Crippen molar-refractivity contribution in [3.05, 3.63) is 47.2 Å². The van der Waals surface area contributed by atoms with E-state index in [2.05, 4.69) is 63.4 Å². The van der Waals surface area contributed by atoms with Gasteiger partial charge in [-0.05, 0) is 25.3 Å². The molecule has 0 fully saturated rings. The number of ether oxygens (including phenoxy) is 1. The minimum Gasteiger partial charge on any atom is -1.00 e. The van der Waals surface area contributed by atoms with E-state index in [-0.39, 0.29) is 51.8 Å². The zero-order valence-corrected chi connectivity index (χ0v) is 18.7. The summed E-state index contributed by atoms with van der Waals surface area (Å²) in [5, 5.41) is 1.34. The van der Waals surface area contributed by atoms with E-state index in [1.54, 1.807) is 0 Å². The number of allylic oxidation sites excluding steroid dienone is 6. The van der Waals surface area contributed by atoms with Crippen LogP contribution in [0.1, 0.15) is 39.5 Å². The Bertz CT molecular complexity index is 483. The fourth-order valence-electron chi connectivity index (χ4n) is 3.29. The zero-order valence-electron chi connectivity index (χ0n) is 14.6. The molecule has 2 rings (SSSR count). The third kappa shape index (κ3) is 5.20. The summed E-state index contributed by atoms with van der Waals surface area (Å²) in [6.45, 7) is 10.2. The van der Waals surface area contributed by atoms with E-state index in [1.807, 2.05) is 0 Å². The molecule has 0 spiro atoms. The Hall–Kier alpha value is 0.431. The topological polar surface area (TPSA) is 9.23 Å². The Balaban J connectivity index is 0. The first-order valence-corrected chi connectivity index (χ1v) is 10.8. The van der Waals surface area contributed by atoms with E-state index in [0.29, 0.717) is 0 Å². The fraction of sp³-hybridized carbons (Fsp3) is 0.556. The summed E-state index contributed by atoms with van der Waals surface area (Å²) in [6.07, 6.45) is 19.1. The Kier molecular flexibility index (Phi) is 12.4. The second-order valence-corrected chi connectivity index (χ2v) is 10.9. The van der Waals surface area contributed by atoms with Crippen molar-refractivity contribution in [2.75, 3.05) is 6.61 Å². The summed E-state index contributed by atoms with van der Waals surface area (Å²) in [6, 6.07) is 0. The first-order valence-electron chi connectivity index (χ1n) is 7.80. The van der Waals surface area contributed by atoms with Gasteiger partial charge in [0.15, 0.2) is 0 Å². The van der Waals surface area contributed by atoms with Gasteiger partial charge in [-0.25, -0.2) is 11.3 Å². The van der Waals surface area contributed by atoms with Crippen molar-refractivity contribution in [1.29, 1.82) is 0 Å². The minimum atomic E-state index is -1.76. The zero-order chi connectivity index (χ0) is 14.6. The maximum Gasteiger partial charge on any atom is 3.00 e. The molecule has 0 saturated carbocycles. The predicted molar refractivity (Wildman–Crippen MR) is 89.1 cm³/mol. The molecule has 1 atom stereocenters. The number of hydrogen-bond donors (Lipinski definition) is 0. The van der Waals surface area contributed by atoms with Crippen LogP contribution in [-0.2, 0) is 26.5 Å². The van der Waals surface area contributed by atoms with Gasteiger partial charge in [-0.3, -0.25) is 6.08 Å². The van der Waals surface area contributed by atoms with Crippen LogP contribution in [0.4, 0.5) is 0 Å². The van der Waals surface area contributed by atoms with Gasteiger partial charge in [0.2, 0.25) is 0 Å². The molecule has 127 valence electrons. The van der Waals surface area contributed by atoms with Crippen LogP contribution in [-0.4, -0.2) is 19.9 Å². The molecule has 0 saturated heterocycles. The molecule has 2 aliphatic rings. The Morgan fingerprint density at radius 1 is 1.26 bits per heavy atom. The van der Waals surface area contributed by atoms with Crippen LogP contribution >= 0.6 is 0 Å². The standard InChI is InChI=1S/C18H27OSi.2ClH.Ti/c1-5-6-15-19-18(14-10-9-11-16(18)2)20(3,4)17-12-7-8-13-17;;;/h7,9-12H,5-6,8,14-15H2,1-4H3;2*1H;/q-1;;;+3/p-2. The number of hydrogen-bond acceptors (Lipinski definition) is 1. The maximum absolute atomic E-state index is 6.55. The molecule has 1 unspecified atom stereocenters. The van der Waals surface area contributed by atoms with Crippen molar-refractivity contribution < 1.29 is 51.3 Å². The van der Waals surface area contributed by atoms with Gasteiger partial charge in [0.05, 0.1) is 13.3 Å². The minimum absolute atomic E-state index is 0. The van der Waals surface area contributed by atoms with Crippen molar-refractivity contribution in [2.24, 2.45) is 0 Å². The van der Waals surface area contributed by atoms with Crippen molar-refractivity contribution in [1.82, 2.24) is 0 Å². The monoisotopic (exact) mass is 405 g/mol. The molecule has 0 N–H and O–H groups in total. The van der Waals surface area contributed by atoms with Gasteiger partial charge < -0.3 is 29.6 Å². The van der Waals surface area contributed by atoms with E-state index in [4.69, 9.17) is 4.74 Å². The number of halogens is 2. The SMILES string of the molecule is CCCCOC1([Si](C)(C)C2=[C-]CC=C2)CC=CC=C1C.[Cl-].[Cl-].[Ti+3]. The predicted octanol–water partition coefficient (Wildman–Crippen LogP) is -1.07. The molecule has 0 bridgehead atoms. The number of unbranched alkanes of at least 4 members (excludes halogenated alkanes) is 1. The van der Waals surface area contributed by atoms with Crippen molar-refractivity contribution in [3.63, 3.8) is 0 Å². The molecule has 0 aromatic rings. The molecule has 1 nitrogen and oxygen atoms in total. The molecule has 5 heteroatoms. The van der Waals surface area contributed by atoms with Crippen LogP contribution in [0.25, 0.3) is 0 Å². The summed E-state index contributed by atoms with van der Waals surface area (Å²) in [7, 11) is -1.76. The summed E-state index contributed by atoms with van der Waals surface area (Å²) in [5.74, 6) is 0. The van der Waals surface area contributed by atoms with Gasteiger partial charge in [0.1, 0.15) is 0 Å². The van der Waals surface area contributed by atoms with Crippen LogP contribution < -0.4 is 24.8 Å². The van der Waals surface area contributed by atoms with Crippen LogP contribution in [0.15, 0.2) is 41.1 Å². The maximum atomic E-state index is 6.55. The largest absolute Gasteiger partial charge is 3.00 e. The third-order valence-corrected chi connectivity index (χ3v) is 9.20. The van der Waals surface area contributed by atoms with Gasteiger partial charge in [0.25, 0.3) is 0 Å². The number of rotatable bonds is 6. The van der Waals surface area contributed by atoms with Crippen molar-refractivity contribution >= 4 is 8.07 Å². The smallest absolute Gasteiger partial charge is 1.00 e. The van der Waals surface area contributed by atoms with Crippen molar-refractivity contribution in [2.45, 2.75) is 57.8 Å². The molecule has 0 amide bonds. The van der Waals surface area contributed by atoms with Gasteiger partial charge in [-0.1, -0.05) is 44.7 Å². The molecule has 1 radical (unpaired) electrons. The van der Waals surface area contributed by atoms with Crippen LogP contribution in [0, 0.1) is 6.08 Å². The first kappa shape index (κ1) is 25.7. The molecule has 23 heavy (non-hydrogen) atoms. The van der Waals surface area contributed by atoms with Crippen molar-refractivity contribution in [3.8, 4) is 0 Å². The Labute approximate surface area is 170 Å². The third-order valence-electron chi connectivity index (χ3n) is 4.75. The Morgan fingerprint density at radius 3 is 2.48 bits per heavy atom. The second-order valence-electron chi connectivity index (χ2n) is 6.33. The quantitative estimate of drug-likeness (QED) is 0.310. The Morgan fingerprint density at radius 2 is 1.96 bits per heavy atom. The van der Waals surface area contributed by atoms with Gasteiger partial charge in [-0.2, -0.15) is 6.08 Å². The average Bonchev–Trinajstić information content (AvgIpc) is 2.96. The van der Waals surface area contributed by atoms with Gasteiger partial charge in [0, 0.05) is 6.61 Å². The first-order chi connectivity index (χ1) is 9.54. The second kappa shape index (κ2) is 11.1. The molecule has 0 heterocycles. The van der Waals surface area contributed by atoms with E-state index in [9.17, 15) is 0 Å². The van der Waals surface area contributed by atoms with E-state index < -0.39 is 8.07 Å². The van der Waals surface area contributed by atoms with Crippen LogP contribution in [0.2, 0.25) is 13.1 Å². The summed E-state index contributed by atoms with van der Waals surface area (Å²) >= 11 is 0. The van der Waals surface area contributed by atoms with Gasteiger partial charge in [-0.15, -0.1) is 6.42 Å². The molecule has 2 aliphatic carbocycles. The summed E-state index contributed by atoms with van der Waals surface area (Å²) in [5.41, 5.74) is 1.39. The summed E-state index contributed by atoms with van der Waals surface area (Å²) in [4.78, 5) is 0. The molecular formula is C18H27Cl2OSiTi. The van der Waals surface area contributed by atoms with Crippen LogP contribution in [0.3, 0.4) is 0 Å². The molecule has 0 aliphatic heterocycles. The molecular weight excluding hydrogens is 379 g/mol. The fourth-order valence-corrected chi connectivity index (χ4v) is 6.96. The van der Waals surface area contributed by atoms with Gasteiger partial charge >= 0.3 is 21.7 Å². The molecule has 0 aromatic heterocycles. The van der Waals surface area contributed by atoms with E-state index in [1.165, 1.54) is 17.2 Å². The van der Waals surface area contributed by atoms with Crippen LogP contribution in [0.5, 0.6) is 0 Å².